The highest BCUT2D eigenvalue weighted by Crippen LogP contribution is 2.29. The molecule has 0 unspecified atom stereocenters. The molecule has 0 aliphatic heterocycles. The number of anilines is 1. The van der Waals surface area contributed by atoms with Crippen molar-refractivity contribution in [2.45, 2.75) is 13.0 Å². The van der Waals surface area contributed by atoms with E-state index in [1.54, 1.807) is 6.20 Å². The van der Waals surface area contributed by atoms with Gasteiger partial charge in [-0.1, -0.05) is 35.3 Å². The average molecular weight is 462 g/mol. The van der Waals surface area contributed by atoms with Gasteiger partial charge in [-0.3, -0.25) is 9.38 Å². The van der Waals surface area contributed by atoms with Crippen molar-refractivity contribution in [3.05, 3.63) is 92.4 Å². The Balaban J connectivity index is 1.70. The lowest BCUT2D eigenvalue weighted by Crippen LogP contribution is -2.07. The normalized spacial score (nSPS) is 11.1. The summed E-state index contributed by atoms with van der Waals surface area (Å²) < 4.78 is 2.93. The molecular formula is C20H15BrCl2N4. The average Bonchev–Trinajstić information content (AvgIpc) is 3.05. The zero-order chi connectivity index (χ0) is 18.8. The van der Waals surface area contributed by atoms with Crippen LogP contribution in [0, 0.1) is 0 Å². The minimum atomic E-state index is 0.547. The van der Waals surface area contributed by atoms with Crippen LogP contribution in [0.1, 0.15) is 17.0 Å². The summed E-state index contributed by atoms with van der Waals surface area (Å²) in [4.78, 5) is 9.13. The Hall–Kier alpha value is -2.08. The molecule has 0 aliphatic rings. The quantitative estimate of drug-likeness (QED) is 0.396. The lowest BCUT2D eigenvalue weighted by atomic mass is 10.1. The fourth-order valence-corrected chi connectivity index (χ4v) is 3.82. The number of hydrogen-bond acceptors (Lipinski definition) is 3. The van der Waals surface area contributed by atoms with Crippen molar-refractivity contribution in [1.29, 1.82) is 0 Å². The first-order valence-electron chi connectivity index (χ1n) is 8.35. The van der Waals surface area contributed by atoms with Gasteiger partial charge in [-0.05, 0) is 51.8 Å². The monoisotopic (exact) mass is 460 g/mol. The summed E-state index contributed by atoms with van der Waals surface area (Å²) in [6, 6.07) is 15.4. The van der Waals surface area contributed by atoms with E-state index in [4.69, 9.17) is 28.2 Å². The molecule has 0 amide bonds. The third-order valence-electron chi connectivity index (χ3n) is 4.22. The molecule has 0 atom stereocenters. The maximum Gasteiger partial charge on any atom is 0.152 e. The van der Waals surface area contributed by atoms with Crippen molar-refractivity contribution in [1.82, 2.24) is 14.4 Å². The highest BCUT2D eigenvalue weighted by molar-refractivity contribution is 9.10. The number of aromatic nitrogens is 3. The van der Waals surface area contributed by atoms with Gasteiger partial charge in [-0.2, -0.15) is 0 Å². The molecular weight excluding hydrogens is 447 g/mol. The summed E-state index contributed by atoms with van der Waals surface area (Å²) in [6.07, 6.45) is 4.31. The van der Waals surface area contributed by atoms with Crippen molar-refractivity contribution >= 4 is 50.6 Å². The molecule has 0 radical (unpaired) electrons. The molecule has 3 aromatic heterocycles. The SMILES string of the molecule is Clc1cccc(Cl)c1Cc1cc(NCc2ccccn2)n2ccc(Br)c2n1. The molecule has 0 spiro atoms. The highest BCUT2D eigenvalue weighted by atomic mass is 79.9. The van der Waals surface area contributed by atoms with Gasteiger partial charge >= 0.3 is 0 Å². The summed E-state index contributed by atoms with van der Waals surface area (Å²) in [5, 5.41) is 4.73. The van der Waals surface area contributed by atoms with Gasteiger partial charge in [0, 0.05) is 34.9 Å². The van der Waals surface area contributed by atoms with E-state index < -0.39 is 0 Å². The van der Waals surface area contributed by atoms with E-state index in [1.807, 2.05) is 59.1 Å². The van der Waals surface area contributed by atoms with Crippen LogP contribution in [-0.2, 0) is 13.0 Å². The number of halogens is 3. The van der Waals surface area contributed by atoms with Crippen molar-refractivity contribution in [2.24, 2.45) is 0 Å². The molecule has 0 fully saturated rings. The summed E-state index contributed by atoms with van der Waals surface area (Å²) >= 11 is 16.2. The standard InChI is InChI=1S/C20H15BrCl2N4/c21-16-7-9-27-19(25-12-13-4-1-2-8-24-13)11-14(26-20(16)27)10-15-17(22)5-3-6-18(15)23/h1-9,11,25H,10,12H2. The Morgan fingerprint density at radius 2 is 1.81 bits per heavy atom. The van der Waals surface area contributed by atoms with Gasteiger partial charge in [0.1, 0.15) is 5.82 Å². The Labute approximate surface area is 175 Å². The van der Waals surface area contributed by atoms with E-state index in [9.17, 15) is 0 Å². The number of hydrogen-bond donors (Lipinski definition) is 1. The van der Waals surface area contributed by atoms with Gasteiger partial charge in [0.05, 0.1) is 22.4 Å². The lowest BCUT2D eigenvalue weighted by molar-refractivity contribution is 0.983. The fraction of sp³-hybridized carbons (Fsp3) is 0.100. The van der Waals surface area contributed by atoms with E-state index in [0.717, 1.165) is 32.9 Å². The summed E-state index contributed by atoms with van der Waals surface area (Å²) in [7, 11) is 0. The first-order chi connectivity index (χ1) is 13.1. The van der Waals surface area contributed by atoms with E-state index in [0.29, 0.717) is 23.0 Å². The largest absolute Gasteiger partial charge is 0.365 e. The van der Waals surface area contributed by atoms with Crippen LogP contribution in [0.15, 0.2) is 65.4 Å². The molecule has 4 rings (SSSR count). The highest BCUT2D eigenvalue weighted by Gasteiger charge is 2.12. The first-order valence-corrected chi connectivity index (χ1v) is 9.90. The second kappa shape index (κ2) is 7.89. The molecule has 1 aromatic carbocycles. The number of nitrogens with one attached hydrogen (secondary N) is 1. The number of fused-ring (bicyclic) bond motifs is 1. The molecule has 4 aromatic rings. The van der Waals surface area contributed by atoms with E-state index in [2.05, 4.69) is 26.2 Å². The summed E-state index contributed by atoms with van der Waals surface area (Å²) in [6.45, 7) is 0.613. The van der Waals surface area contributed by atoms with E-state index in [-0.39, 0.29) is 0 Å². The maximum absolute atomic E-state index is 6.34. The maximum atomic E-state index is 6.34. The fourth-order valence-electron chi connectivity index (χ4n) is 2.89. The zero-order valence-electron chi connectivity index (χ0n) is 14.2. The third-order valence-corrected chi connectivity index (χ3v) is 5.55. The predicted octanol–water partition coefficient (Wildman–Crippen LogP) is 6.00. The molecule has 3 heterocycles. The van der Waals surface area contributed by atoms with Crippen molar-refractivity contribution in [3.63, 3.8) is 0 Å². The van der Waals surface area contributed by atoms with Crippen LogP contribution in [0.25, 0.3) is 5.65 Å². The van der Waals surface area contributed by atoms with Crippen LogP contribution < -0.4 is 5.32 Å². The minimum absolute atomic E-state index is 0.547. The topological polar surface area (TPSA) is 42.2 Å². The second-order valence-electron chi connectivity index (χ2n) is 6.04. The Bertz CT molecular complexity index is 1080. The van der Waals surface area contributed by atoms with E-state index >= 15 is 0 Å². The van der Waals surface area contributed by atoms with Crippen molar-refractivity contribution in [2.75, 3.05) is 5.32 Å². The van der Waals surface area contributed by atoms with Gasteiger partial charge in [0.25, 0.3) is 0 Å². The molecule has 27 heavy (non-hydrogen) atoms. The molecule has 4 nitrogen and oxygen atoms in total. The summed E-state index contributed by atoms with van der Waals surface area (Å²) in [5.41, 5.74) is 3.54. The zero-order valence-corrected chi connectivity index (χ0v) is 17.3. The smallest absolute Gasteiger partial charge is 0.152 e. The van der Waals surface area contributed by atoms with Crippen LogP contribution in [0.4, 0.5) is 5.82 Å². The van der Waals surface area contributed by atoms with Gasteiger partial charge in [0.15, 0.2) is 5.65 Å². The van der Waals surface area contributed by atoms with Gasteiger partial charge in [-0.25, -0.2) is 4.98 Å². The lowest BCUT2D eigenvalue weighted by Gasteiger charge is -2.13. The molecule has 0 saturated heterocycles. The van der Waals surface area contributed by atoms with Gasteiger partial charge < -0.3 is 5.32 Å². The number of benzene rings is 1. The van der Waals surface area contributed by atoms with E-state index in [1.165, 1.54) is 0 Å². The molecule has 0 saturated carbocycles. The Kier molecular flexibility index (Phi) is 5.34. The minimum Gasteiger partial charge on any atom is -0.365 e. The van der Waals surface area contributed by atoms with Crippen LogP contribution in [0.3, 0.4) is 0 Å². The van der Waals surface area contributed by atoms with Crippen LogP contribution in [0.5, 0.6) is 0 Å². The van der Waals surface area contributed by atoms with Gasteiger partial charge in [-0.15, -0.1) is 0 Å². The third kappa shape index (κ3) is 3.95. The molecule has 0 aliphatic carbocycles. The first kappa shape index (κ1) is 18.3. The molecule has 136 valence electrons. The number of rotatable bonds is 5. The summed E-state index contributed by atoms with van der Waals surface area (Å²) in [5.74, 6) is 0.925. The predicted molar refractivity (Wildman–Crippen MR) is 114 cm³/mol. The number of pyridine rings is 1. The molecule has 7 heteroatoms. The van der Waals surface area contributed by atoms with Gasteiger partial charge in [0.2, 0.25) is 0 Å². The second-order valence-corrected chi connectivity index (χ2v) is 7.71. The van der Waals surface area contributed by atoms with Crippen molar-refractivity contribution < 1.29 is 0 Å². The molecule has 1 N–H and O–H groups in total. The van der Waals surface area contributed by atoms with Crippen LogP contribution in [-0.4, -0.2) is 14.4 Å². The Morgan fingerprint density at radius 1 is 1.00 bits per heavy atom. The number of nitrogens with zero attached hydrogens (tertiary/aromatic N) is 3. The Morgan fingerprint density at radius 3 is 2.56 bits per heavy atom. The van der Waals surface area contributed by atoms with Crippen LogP contribution in [0.2, 0.25) is 10.0 Å². The van der Waals surface area contributed by atoms with Crippen molar-refractivity contribution in [3.8, 4) is 0 Å². The van der Waals surface area contributed by atoms with Crippen LogP contribution >= 0.6 is 39.1 Å². The molecule has 0 bridgehead atoms.